The molecule has 0 aliphatic heterocycles. The Morgan fingerprint density at radius 2 is 1.48 bits per heavy atom. The molecule has 0 aromatic heterocycles. The number of hydrogen-bond acceptors (Lipinski definition) is 10. The Morgan fingerprint density at radius 1 is 0.909 bits per heavy atom. The fraction of sp³-hybridized carbons (Fsp3) is 0.500. The highest BCUT2D eigenvalue weighted by atomic mass is 16.6. The number of benzene rings is 1. The quantitative estimate of drug-likeness (QED) is 0.333. The molecule has 0 radical (unpaired) electrons. The summed E-state index contributed by atoms with van der Waals surface area (Å²) in [5.74, 6) is -3.00. The largest absolute Gasteiger partial charge is 0.465 e. The molecule has 1 amide bonds. The van der Waals surface area contributed by atoms with Crippen LogP contribution in [0.1, 0.15) is 46.1 Å². The summed E-state index contributed by atoms with van der Waals surface area (Å²) in [6, 6.07) is 2.38. The van der Waals surface area contributed by atoms with Crippen LogP contribution in [-0.4, -0.2) is 55.1 Å². The third-order valence-corrected chi connectivity index (χ3v) is 4.13. The van der Waals surface area contributed by atoms with Crippen LogP contribution in [0.2, 0.25) is 0 Å². The number of rotatable bonds is 12. The maximum absolute atomic E-state index is 12.4. The summed E-state index contributed by atoms with van der Waals surface area (Å²) in [6.45, 7) is 5.94. The van der Waals surface area contributed by atoms with Crippen molar-refractivity contribution < 1.29 is 42.9 Å². The van der Waals surface area contributed by atoms with Gasteiger partial charge < -0.3 is 30.0 Å². The highest BCUT2D eigenvalue weighted by molar-refractivity contribution is 5.85. The van der Waals surface area contributed by atoms with Crippen molar-refractivity contribution in [3.63, 3.8) is 0 Å². The van der Waals surface area contributed by atoms with E-state index in [1.165, 1.54) is 26.0 Å². The monoisotopic (exact) mass is 466 g/mol. The van der Waals surface area contributed by atoms with Crippen molar-refractivity contribution in [3.05, 3.63) is 23.8 Å². The molecule has 0 bridgehead atoms. The van der Waals surface area contributed by atoms with Crippen LogP contribution in [0.3, 0.4) is 0 Å². The molecule has 0 fully saturated rings. The number of hydrogen-bond donors (Lipinski definition) is 2. The molecule has 1 aromatic carbocycles. The number of ether oxygens (including phenoxy) is 4. The van der Waals surface area contributed by atoms with Crippen LogP contribution in [0.5, 0.6) is 11.5 Å². The van der Waals surface area contributed by atoms with Crippen molar-refractivity contribution in [2.24, 2.45) is 5.73 Å². The van der Waals surface area contributed by atoms with E-state index in [-0.39, 0.29) is 44.0 Å². The van der Waals surface area contributed by atoms with Gasteiger partial charge in [-0.25, -0.2) is 4.79 Å². The predicted octanol–water partition coefficient (Wildman–Crippen LogP) is 0.798. The van der Waals surface area contributed by atoms with Crippen molar-refractivity contribution >= 4 is 29.8 Å². The molecule has 0 heterocycles. The van der Waals surface area contributed by atoms with Crippen LogP contribution in [0, 0.1) is 0 Å². The minimum atomic E-state index is -1.05. The number of amides is 1. The van der Waals surface area contributed by atoms with Gasteiger partial charge in [0.1, 0.15) is 12.1 Å². The van der Waals surface area contributed by atoms with E-state index in [0.717, 1.165) is 0 Å². The highest BCUT2D eigenvalue weighted by Crippen LogP contribution is 2.29. The maximum atomic E-state index is 12.4. The van der Waals surface area contributed by atoms with Crippen LogP contribution in [0.4, 0.5) is 0 Å². The first kappa shape index (κ1) is 27.6. The standard InChI is InChI=1S/C22H30N2O9/c1-5-30-21(28)16(23)8-10-20(27)24-17(22(29)31-6-2)11-15-7-9-18(32-13(3)25)19(12-15)33-14(4)26/h7,9,12,16-17H,5-6,8,10-11,23H2,1-4H3,(H,24,27)/t16-,17-/m0/s1. The highest BCUT2D eigenvalue weighted by Gasteiger charge is 2.24. The van der Waals surface area contributed by atoms with Crippen molar-refractivity contribution in [2.45, 2.75) is 59.0 Å². The van der Waals surface area contributed by atoms with Crippen molar-refractivity contribution in [2.75, 3.05) is 13.2 Å². The average molecular weight is 466 g/mol. The van der Waals surface area contributed by atoms with Gasteiger partial charge in [-0.15, -0.1) is 0 Å². The minimum absolute atomic E-state index is 0.00309. The molecule has 11 heteroatoms. The smallest absolute Gasteiger partial charge is 0.328 e. The normalized spacial score (nSPS) is 12.2. The Balaban J connectivity index is 2.96. The van der Waals surface area contributed by atoms with Crippen LogP contribution in [0.25, 0.3) is 0 Å². The first-order valence-electron chi connectivity index (χ1n) is 10.4. The summed E-state index contributed by atoms with van der Waals surface area (Å²) in [6.07, 6.45) is -0.0724. The van der Waals surface area contributed by atoms with Gasteiger partial charge in [0.2, 0.25) is 5.91 Å². The summed E-state index contributed by atoms with van der Waals surface area (Å²) in [5, 5.41) is 2.57. The third kappa shape index (κ3) is 10.1. The van der Waals surface area contributed by atoms with E-state index in [1.807, 2.05) is 0 Å². The van der Waals surface area contributed by atoms with Crippen LogP contribution in [0.15, 0.2) is 18.2 Å². The van der Waals surface area contributed by atoms with Crippen LogP contribution in [-0.2, 0) is 39.9 Å². The predicted molar refractivity (Wildman–Crippen MR) is 115 cm³/mol. The lowest BCUT2D eigenvalue weighted by molar-refractivity contribution is -0.148. The number of nitrogens with one attached hydrogen (secondary N) is 1. The molecule has 0 saturated carbocycles. The molecule has 2 atom stereocenters. The maximum Gasteiger partial charge on any atom is 0.328 e. The molecule has 3 N–H and O–H groups in total. The molecule has 0 aliphatic rings. The fourth-order valence-electron chi connectivity index (χ4n) is 2.75. The van der Waals surface area contributed by atoms with Gasteiger partial charge in [0.05, 0.1) is 13.2 Å². The summed E-state index contributed by atoms with van der Waals surface area (Å²) in [5.41, 5.74) is 6.20. The Kier molecular flexibility index (Phi) is 11.6. The van der Waals surface area contributed by atoms with Gasteiger partial charge in [0.25, 0.3) is 0 Å². The van der Waals surface area contributed by atoms with Gasteiger partial charge in [-0.3, -0.25) is 19.2 Å². The van der Waals surface area contributed by atoms with E-state index in [0.29, 0.717) is 5.56 Å². The van der Waals surface area contributed by atoms with E-state index in [9.17, 15) is 24.0 Å². The number of carbonyl (C=O) groups excluding carboxylic acids is 5. The zero-order valence-corrected chi connectivity index (χ0v) is 19.2. The average Bonchev–Trinajstić information content (AvgIpc) is 2.73. The molecule has 0 saturated heterocycles. The van der Waals surface area contributed by atoms with E-state index in [1.54, 1.807) is 19.9 Å². The fourth-order valence-corrected chi connectivity index (χ4v) is 2.75. The van der Waals surface area contributed by atoms with Gasteiger partial charge in [-0.05, 0) is 38.0 Å². The molecule has 1 rings (SSSR count). The minimum Gasteiger partial charge on any atom is -0.465 e. The lowest BCUT2D eigenvalue weighted by Crippen LogP contribution is -2.44. The van der Waals surface area contributed by atoms with E-state index >= 15 is 0 Å². The summed E-state index contributed by atoms with van der Waals surface area (Å²) >= 11 is 0. The van der Waals surface area contributed by atoms with E-state index in [4.69, 9.17) is 24.7 Å². The molecule has 33 heavy (non-hydrogen) atoms. The van der Waals surface area contributed by atoms with Crippen molar-refractivity contribution in [1.29, 1.82) is 0 Å². The first-order chi connectivity index (χ1) is 15.6. The van der Waals surface area contributed by atoms with Gasteiger partial charge in [-0.2, -0.15) is 0 Å². The van der Waals surface area contributed by atoms with Gasteiger partial charge in [0.15, 0.2) is 11.5 Å². The SMILES string of the molecule is CCOC(=O)[C@H](Cc1ccc(OC(C)=O)c(OC(C)=O)c1)NC(=O)CC[C@H](N)C(=O)OCC. The van der Waals surface area contributed by atoms with E-state index in [2.05, 4.69) is 5.32 Å². The summed E-state index contributed by atoms with van der Waals surface area (Å²) in [4.78, 5) is 59.0. The molecule has 11 nitrogen and oxygen atoms in total. The Labute approximate surface area is 191 Å². The van der Waals surface area contributed by atoms with Gasteiger partial charge >= 0.3 is 23.9 Å². The molecule has 0 unspecified atom stereocenters. The number of carbonyl (C=O) groups is 5. The molecule has 182 valence electrons. The topological polar surface area (TPSA) is 160 Å². The number of nitrogens with two attached hydrogens (primary N) is 1. The second kappa shape index (κ2) is 13.8. The Hall–Kier alpha value is -3.47. The molecular weight excluding hydrogens is 436 g/mol. The second-order valence-corrected chi connectivity index (χ2v) is 6.94. The third-order valence-electron chi connectivity index (χ3n) is 4.13. The Morgan fingerprint density at radius 3 is 2.06 bits per heavy atom. The summed E-state index contributed by atoms with van der Waals surface area (Å²) in [7, 11) is 0. The van der Waals surface area contributed by atoms with Crippen LogP contribution >= 0.6 is 0 Å². The number of esters is 4. The second-order valence-electron chi connectivity index (χ2n) is 6.94. The molecular formula is C22H30N2O9. The van der Waals surface area contributed by atoms with Crippen molar-refractivity contribution in [1.82, 2.24) is 5.32 Å². The Bertz CT molecular complexity index is 869. The molecule has 0 spiro atoms. The van der Waals surface area contributed by atoms with Gasteiger partial charge in [0, 0.05) is 26.7 Å². The van der Waals surface area contributed by atoms with Crippen molar-refractivity contribution in [3.8, 4) is 11.5 Å². The van der Waals surface area contributed by atoms with Gasteiger partial charge in [-0.1, -0.05) is 6.07 Å². The zero-order chi connectivity index (χ0) is 25.0. The van der Waals surface area contributed by atoms with E-state index < -0.39 is 41.9 Å². The van der Waals surface area contributed by atoms with Crippen LogP contribution < -0.4 is 20.5 Å². The zero-order valence-electron chi connectivity index (χ0n) is 19.2. The molecule has 0 aliphatic carbocycles. The summed E-state index contributed by atoms with van der Waals surface area (Å²) < 4.78 is 19.9. The lowest BCUT2D eigenvalue weighted by Gasteiger charge is -2.19. The first-order valence-corrected chi connectivity index (χ1v) is 10.4. The lowest BCUT2D eigenvalue weighted by atomic mass is 10.0. The molecule has 1 aromatic rings.